The molecule has 30 nitrogen and oxygen atoms in total. The Labute approximate surface area is 479 Å². The van der Waals surface area contributed by atoms with Crippen molar-refractivity contribution in [1.82, 2.24) is 30.6 Å². The topological polar surface area (TPSA) is 534 Å². The van der Waals surface area contributed by atoms with Crippen molar-refractivity contribution in [2.75, 3.05) is 0 Å². The summed E-state index contributed by atoms with van der Waals surface area (Å²) >= 11 is 1.45. The van der Waals surface area contributed by atoms with Gasteiger partial charge in [0.15, 0.2) is 0 Å². The molecule has 0 saturated heterocycles. The second-order valence-electron chi connectivity index (χ2n) is 17.9. The minimum Gasteiger partial charge on any atom is -0.507 e. The fourth-order valence-electron chi connectivity index (χ4n) is 8.27. The molecule has 0 saturated carbocycles. The number of nitrogens with one attached hydrogen (secondary N) is 6. The van der Waals surface area contributed by atoms with Crippen molar-refractivity contribution in [2.45, 2.75) is 47.6 Å². The second-order valence-corrected chi connectivity index (χ2v) is 19.4. The Balaban J connectivity index is 0.000000241. The van der Waals surface area contributed by atoms with Crippen LogP contribution in [0.2, 0.25) is 0 Å². The normalized spacial score (nSPS) is 11.7. The van der Waals surface area contributed by atoms with E-state index < -0.39 is 73.5 Å². The molecule has 8 aromatic rings. The molecule has 0 unspecified atom stereocenters. The number of phenolic OH excluding ortho intramolecular Hbond substituents is 4. The van der Waals surface area contributed by atoms with Crippen LogP contribution >= 0.6 is 24.1 Å². The largest absolute Gasteiger partial charge is 0.507 e. The number of carbonyl (C=O) groups is 6. The quantitative estimate of drug-likeness (QED) is 0.0134. The predicted molar refractivity (Wildman–Crippen MR) is 298 cm³/mol. The van der Waals surface area contributed by atoms with Crippen LogP contribution in [0.25, 0.3) is 67.1 Å². The van der Waals surface area contributed by atoms with Crippen LogP contribution < -0.4 is 33.9 Å². The number of nitrogens with zero attached hydrogens (tertiary/aromatic N) is 2. The van der Waals surface area contributed by atoms with Crippen molar-refractivity contribution in [1.29, 1.82) is 10.8 Å². The van der Waals surface area contributed by atoms with E-state index in [1.54, 1.807) is 36.4 Å². The Hall–Kier alpha value is -10.3. The highest BCUT2D eigenvalue weighted by Gasteiger charge is 2.27. The van der Waals surface area contributed by atoms with Gasteiger partial charge in [0.05, 0.1) is 83.0 Å². The average Bonchev–Trinajstić information content (AvgIpc) is 3.95. The van der Waals surface area contributed by atoms with Crippen molar-refractivity contribution in [3.05, 3.63) is 119 Å². The number of rotatable bonds is 24. The van der Waals surface area contributed by atoms with E-state index >= 15 is 0 Å². The number of nitrogens with two attached hydrogens (primary N) is 4. The molecule has 0 aliphatic carbocycles. The van der Waals surface area contributed by atoms with Gasteiger partial charge in [-0.15, -0.1) is 18.6 Å². The predicted octanol–water partition coefficient (Wildman–Crippen LogP) is 4.02. The van der Waals surface area contributed by atoms with E-state index in [2.05, 4.69) is 49.2 Å². The van der Waals surface area contributed by atoms with Crippen LogP contribution in [-0.2, 0) is 60.3 Å². The van der Waals surface area contributed by atoms with Crippen molar-refractivity contribution in [2.24, 2.45) is 23.3 Å². The Kier molecular flexibility index (Phi) is 19.7. The van der Waals surface area contributed by atoms with Crippen LogP contribution in [0.3, 0.4) is 0 Å². The Morgan fingerprint density at radius 2 is 0.893 bits per heavy atom. The lowest BCUT2D eigenvalue weighted by atomic mass is 9.95. The molecular weight excluding hydrogens is 1140 g/mol. The molecule has 0 spiro atoms. The molecule has 0 bridgehead atoms. The number of phenols is 4. The summed E-state index contributed by atoms with van der Waals surface area (Å²) in [6, 6.07) is 20.6. The van der Waals surface area contributed by atoms with Gasteiger partial charge in [-0.25, -0.2) is 19.6 Å². The van der Waals surface area contributed by atoms with Crippen LogP contribution in [0.5, 0.6) is 23.0 Å². The first kappa shape index (κ1) is 61.3. The molecule has 436 valence electrons. The number of fused-ring (bicyclic) bond motifs is 2. The number of carboxylic acids is 4. The van der Waals surface area contributed by atoms with Crippen LogP contribution in [0, 0.1) is 10.8 Å². The van der Waals surface area contributed by atoms with Gasteiger partial charge in [0.2, 0.25) is 11.8 Å². The number of benzene rings is 6. The molecule has 8 rings (SSSR count). The molecular formula is C52H48N12O18S2. The zero-order valence-corrected chi connectivity index (χ0v) is 44.5. The molecule has 0 aliphatic heterocycles. The first-order chi connectivity index (χ1) is 39.9. The zero-order valence-electron chi connectivity index (χ0n) is 42.9. The highest BCUT2D eigenvalue weighted by atomic mass is 32.2. The first-order valence-electron chi connectivity index (χ1n) is 23.9. The first-order valence-corrected chi connectivity index (χ1v) is 25.4. The van der Waals surface area contributed by atoms with Crippen molar-refractivity contribution in [3.8, 4) is 68.0 Å². The lowest BCUT2D eigenvalue weighted by Crippen LogP contribution is -2.42. The van der Waals surface area contributed by atoms with E-state index in [0.29, 0.717) is 43.0 Å². The molecule has 6 aromatic carbocycles. The van der Waals surface area contributed by atoms with Gasteiger partial charge < -0.3 is 72.9 Å². The lowest BCUT2D eigenvalue weighted by molar-refractivity contribution is -0.195. The lowest BCUT2D eigenvalue weighted by Gasteiger charge is -2.16. The maximum Gasteiger partial charge on any atom is 0.326 e. The number of aromatic nitrogens is 4. The minimum absolute atomic E-state index is 0.0779. The molecule has 22 N–H and O–H groups in total. The maximum absolute atomic E-state index is 12.8. The number of carbonyl (C=O) groups excluding carboxylic acids is 2. The summed E-state index contributed by atoms with van der Waals surface area (Å²) in [5.74, 6) is 1.23. The number of aromatic amines is 2. The third-order valence-electron chi connectivity index (χ3n) is 12.0. The number of nitrogen functional groups attached to an aromatic ring is 2. The van der Waals surface area contributed by atoms with Crippen LogP contribution in [0.15, 0.2) is 107 Å². The number of carboxylic acid groups (broad SMARTS) is 4. The minimum atomic E-state index is -1.67. The zero-order chi connectivity index (χ0) is 61.1. The molecule has 2 aromatic heterocycles. The molecule has 0 radical (unpaired) electrons. The summed E-state index contributed by atoms with van der Waals surface area (Å²) in [5, 5.41) is 100. The number of H-pyrrole nitrogens is 2. The third-order valence-corrected chi connectivity index (χ3v) is 13.2. The van der Waals surface area contributed by atoms with Crippen LogP contribution in [0.4, 0.5) is 0 Å². The second kappa shape index (κ2) is 27.0. The third kappa shape index (κ3) is 15.2. The van der Waals surface area contributed by atoms with E-state index in [-0.39, 0.29) is 90.8 Å². The maximum atomic E-state index is 12.8. The number of amides is 2. The number of hydrogen-bond donors (Lipinski definition) is 18. The van der Waals surface area contributed by atoms with E-state index in [9.17, 15) is 59.4 Å². The van der Waals surface area contributed by atoms with E-state index in [1.165, 1.54) is 60.7 Å². The fraction of sp³-hybridized carbons (Fsp3) is 0.115. The van der Waals surface area contributed by atoms with E-state index in [0.717, 1.165) is 24.1 Å². The van der Waals surface area contributed by atoms with Gasteiger partial charge in [-0.05, 0) is 108 Å². The summed E-state index contributed by atoms with van der Waals surface area (Å²) in [6.07, 6.45) is -2.50. The molecule has 2 heterocycles. The Bertz CT molecular complexity index is 3660. The standard InChI is InChI=1S/2C26H24N6O9S/c2*27-24(28)12-1-3-17-18(8-12)32-25(31-17)16-6-11(7-21(34)30-19(26(38)39)10-22(35)36)5-15(23(16)37)14-9-13(42-41-40-29)2-4-20(14)33/h2*1-6,8-9,19,33,37H,7,10,29H2,(H3,27,28)(H,30,34)(H,31,32)(H,35,36)(H,38,39)/t2*19-/m10/s1. The van der Waals surface area contributed by atoms with Gasteiger partial charge in [-0.3, -0.25) is 30.0 Å². The number of aromatic hydroxyl groups is 4. The van der Waals surface area contributed by atoms with Gasteiger partial charge in [0.1, 0.15) is 58.4 Å². The van der Waals surface area contributed by atoms with E-state index in [4.69, 9.17) is 44.3 Å². The molecule has 0 fully saturated rings. The highest BCUT2D eigenvalue weighted by molar-refractivity contribution is 7.94. The summed E-state index contributed by atoms with van der Waals surface area (Å²) in [5.41, 5.74) is 15.2. The molecule has 2 amide bonds. The summed E-state index contributed by atoms with van der Waals surface area (Å²) in [7, 11) is 0. The van der Waals surface area contributed by atoms with Gasteiger partial charge in [0, 0.05) is 43.2 Å². The Morgan fingerprint density at radius 3 is 1.23 bits per heavy atom. The number of aliphatic carboxylic acids is 4. The van der Waals surface area contributed by atoms with Crippen molar-refractivity contribution in [3.63, 3.8) is 0 Å². The molecule has 32 heteroatoms. The Morgan fingerprint density at radius 1 is 0.524 bits per heavy atom. The SMILES string of the molecule is N=C(N)c1ccc2nc(-c3cc(CC(=O)N[C@@H](CC(=O)O)C(=O)O)cc(-c4cc(SOON)ccc4O)c3O)[nH]c2c1.N=C(N)c1ccc2nc(-c3cc(CC(=O)N[C@H](CC(=O)O)C(=O)O)cc(-c4cc(SOON)ccc4O)c3O)[nH]c2c1. The van der Waals surface area contributed by atoms with Crippen molar-refractivity contribution < 1.29 is 88.3 Å². The van der Waals surface area contributed by atoms with Crippen LogP contribution in [0.1, 0.15) is 35.1 Å². The number of hydrogen-bond acceptors (Lipinski definition) is 22. The molecule has 2 atom stereocenters. The average molecular weight is 1190 g/mol. The summed E-state index contributed by atoms with van der Waals surface area (Å²) in [4.78, 5) is 94.7. The van der Waals surface area contributed by atoms with Crippen LogP contribution in [-0.4, -0.2) is 120 Å². The van der Waals surface area contributed by atoms with Gasteiger partial charge in [-0.1, -0.05) is 0 Å². The number of imidazole rings is 2. The van der Waals surface area contributed by atoms with E-state index in [1.807, 2.05) is 0 Å². The number of amidine groups is 2. The monoisotopic (exact) mass is 1190 g/mol. The molecule has 0 aliphatic rings. The summed E-state index contributed by atoms with van der Waals surface area (Å²) in [6.45, 7) is 0. The smallest absolute Gasteiger partial charge is 0.326 e. The van der Waals surface area contributed by atoms with Gasteiger partial charge in [0.25, 0.3) is 0 Å². The van der Waals surface area contributed by atoms with Gasteiger partial charge in [-0.2, -0.15) is 11.8 Å². The summed E-state index contributed by atoms with van der Waals surface area (Å²) < 4.78 is 9.32. The van der Waals surface area contributed by atoms with Gasteiger partial charge >= 0.3 is 23.9 Å². The molecule has 84 heavy (non-hydrogen) atoms. The van der Waals surface area contributed by atoms with Crippen molar-refractivity contribution >= 4 is 93.5 Å². The highest BCUT2D eigenvalue weighted by Crippen LogP contribution is 2.45. The fourth-order valence-corrected chi connectivity index (χ4v) is 9.08.